The van der Waals surface area contributed by atoms with Crippen molar-refractivity contribution in [2.75, 3.05) is 17.3 Å². The first kappa shape index (κ1) is 15.5. The third-order valence-electron chi connectivity index (χ3n) is 2.54. The van der Waals surface area contributed by atoms with Gasteiger partial charge in [-0.3, -0.25) is 0 Å². The van der Waals surface area contributed by atoms with Gasteiger partial charge in [-0.2, -0.15) is 0 Å². The number of hydrogen-bond acceptors (Lipinski definition) is 4. The Bertz CT molecular complexity index is 450. The minimum atomic E-state index is -2.88. The van der Waals surface area contributed by atoms with Gasteiger partial charge in [0.25, 0.3) is 0 Å². The zero-order valence-electron chi connectivity index (χ0n) is 10.8. The van der Waals surface area contributed by atoms with Gasteiger partial charge in [0.15, 0.2) is 9.84 Å². The summed E-state index contributed by atoms with van der Waals surface area (Å²) in [5.74, 6) is 1.08. The molecule has 1 rings (SSSR count). The molecule has 3 nitrogen and oxygen atoms in total. The van der Waals surface area contributed by atoms with Crippen LogP contribution >= 0.6 is 11.8 Å². The quantitative estimate of drug-likeness (QED) is 0.784. The van der Waals surface area contributed by atoms with Crippen LogP contribution in [0.3, 0.4) is 0 Å². The third-order valence-corrected chi connectivity index (χ3v) is 5.67. The Balaban J connectivity index is 2.45. The summed E-state index contributed by atoms with van der Waals surface area (Å²) in [4.78, 5) is 1.03. The number of aliphatic hydroxyl groups excluding tert-OH is 1. The SMILES string of the molecule is CCCS(=O)(=O)CCSc1ccc(C(C)O)cc1. The van der Waals surface area contributed by atoms with E-state index in [4.69, 9.17) is 0 Å². The highest BCUT2D eigenvalue weighted by Crippen LogP contribution is 2.21. The van der Waals surface area contributed by atoms with Gasteiger partial charge in [0.1, 0.15) is 0 Å². The molecule has 0 aliphatic carbocycles. The van der Waals surface area contributed by atoms with Crippen LogP contribution in [0.2, 0.25) is 0 Å². The van der Waals surface area contributed by atoms with E-state index in [0.717, 1.165) is 10.5 Å². The Morgan fingerprint density at radius 2 is 1.83 bits per heavy atom. The van der Waals surface area contributed by atoms with E-state index >= 15 is 0 Å². The lowest BCUT2D eigenvalue weighted by molar-refractivity contribution is 0.199. The van der Waals surface area contributed by atoms with Crippen LogP contribution in [0, 0.1) is 0 Å². The van der Waals surface area contributed by atoms with E-state index in [-0.39, 0.29) is 11.5 Å². The van der Waals surface area contributed by atoms with Gasteiger partial charge in [-0.15, -0.1) is 11.8 Å². The molecule has 0 spiro atoms. The summed E-state index contributed by atoms with van der Waals surface area (Å²) in [6.45, 7) is 3.60. The van der Waals surface area contributed by atoms with Crippen LogP contribution in [0.15, 0.2) is 29.2 Å². The van der Waals surface area contributed by atoms with E-state index in [1.54, 1.807) is 6.92 Å². The van der Waals surface area contributed by atoms with E-state index in [0.29, 0.717) is 12.2 Å². The maximum absolute atomic E-state index is 11.5. The maximum atomic E-state index is 11.5. The summed E-state index contributed by atoms with van der Waals surface area (Å²) < 4.78 is 23.0. The largest absolute Gasteiger partial charge is 0.389 e. The predicted octanol–water partition coefficient (Wildman–Crippen LogP) is 2.66. The Morgan fingerprint density at radius 3 is 2.33 bits per heavy atom. The summed E-state index contributed by atoms with van der Waals surface area (Å²) in [7, 11) is -2.88. The van der Waals surface area contributed by atoms with Crippen LogP contribution < -0.4 is 0 Å². The molecule has 1 N–H and O–H groups in total. The molecule has 1 unspecified atom stereocenters. The summed E-state index contributed by atoms with van der Waals surface area (Å²) in [6, 6.07) is 7.57. The first-order valence-electron chi connectivity index (χ1n) is 6.06. The molecule has 102 valence electrons. The number of thioether (sulfide) groups is 1. The van der Waals surface area contributed by atoms with Gasteiger partial charge in [0, 0.05) is 16.4 Å². The molecular weight excluding hydrogens is 268 g/mol. The predicted molar refractivity (Wildman–Crippen MR) is 76.7 cm³/mol. The topological polar surface area (TPSA) is 54.4 Å². The molecule has 1 atom stereocenters. The number of hydrogen-bond donors (Lipinski definition) is 1. The Kier molecular flexibility index (Phi) is 6.18. The van der Waals surface area contributed by atoms with Crippen LogP contribution in [-0.2, 0) is 9.84 Å². The molecule has 0 heterocycles. The molecule has 0 aromatic heterocycles. The average Bonchev–Trinajstić information content (AvgIpc) is 2.29. The molecule has 0 saturated heterocycles. The van der Waals surface area contributed by atoms with Gasteiger partial charge in [-0.25, -0.2) is 8.42 Å². The summed E-state index contributed by atoms with van der Waals surface area (Å²) in [5.41, 5.74) is 0.873. The van der Waals surface area contributed by atoms with Crippen molar-refractivity contribution < 1.29 is 13.5 Å². The molecule has 0 amide bonds. The number of benzene rings is 1. The molecule has 0 saturated carbocycles. The number of sulfone groups is 1. The van der Waals surface area contributed by atoms with Crippen LogP contribution in [0.25, 0.3) is 0 Å². The van der Waals surface area contributed by atoms with E-state index in [9.17, 15) is 13.5 Å². The fourth-order valence-corrected chi connectivity index (χ4v) is 4.28. The van der Waals surface area contributed by atoms with Crippen molar-refractivity contribution in [3.05, 3.63) is 29.8 Å². The van der Waals surface area contributed by atoms with Crippen LogP contribution in [-0.4, -0.2) is 30.8 Å². The molecule has 0 radical (unpaired) electrons. The number of aliphatic hydroxyl groups is 1. The average molecular weight is 288 g/mol. The lowest BCUT2D eigenvalue weighted by Crippen LogP contribution is -2.12. The second-order valence-corrected chi connectivity index (χ2v) is 7.72. The summed E-state index contributed by atoms with van der Waals surface area (Å²) in [5, 5.41) is 9.37. The summed E-state index contributed by atoms with van der Waals surface area (Å²) in [6.07, 6.45) is 0.213. The fraction of sp³-hybridized carbons (Fsp3) is 0.538. The molecule has 1 aromatic carbocycles. The van der Waals surface area contributed by atoms with Crippen molar-refractivity contribution in [1.29, 1.82) is 0 Å². The van der Waals surface area contributed by atoms with Crippen molar-refractivity contribution >= 4 is 21.6 Å². The third kappa shape index (κ3) is 5.42. The van der Waals surface area contributed by atoms with E-state index in [1.807, 2.05) is 31.2 Å². The molecule has 0 aliphatic heterocycles. The molecule has 0 bridgehead atoms. The molecule has 18 heavy (non-hydrogen) atoms. The lowest BCUT2D eigenvalue weighted by Gasteiger charge is -2.06. The minimum Gasteiger partial charge on any atom is -0.389 e. The van der Waals surface area contributed by atoms with Crippen molar-refractivity contribution in [2.24, 2.45) is 0 Å². The van der Waals surface area contributed by atoms with E-state index in [2.05, 4.69) is 0 Å². The standard InChI is InChI=1S/C13H20O3S2/c1-3-9-18(15,16)10-8-17-13-6-4-12(5-7-13)11(2)14/h4-7,11,14H,3,8-10H2,1-2H3. The monoisotopic (exact) mass is 288 g/mol. The molecule has 5 heteroatoms. The van der Waals surface area contributed by atoms with Gasteiger partial charge in [0.05, 0.1) is 11.9 Å². The Labute approximate surface area is 114 Å². The van der Waals surface area contributed by atoms with Crippen molar-refractivity contribution in [3.8, 4) is 0 Å². The van der Waals surface area contributed by atoms with Gasteiger partial charge >= 0.3 is 0 Å². The lowest BCUT2D eigenvalue weighted by atomic mass is 10.1. The van der Waals surface area contributed by atoms with Crippen LogP contribution in [0.5, 0.6) is 0 Å². The van der Waals surface area contributed by atoms with Crippen LogP contribution in [0.1, 0.15) is 31.9 Å². The highest BCUT2D eigenvalue weighted by Gasteiger charge is 2.09. The second-order valence-electron chi connectivity index (χ2n) is 4.25. The minimum absolute atomic E-state index is 0.226. The smallest absolute Gasteiger partial charge is 0.151 e. The Hall–Kier alpha value is -0.520. The van der Waals surface area contributed by atoms with Gasteiger partial charge in [-0.05, 0) is 31.0 Å². The fourth-order valence-electron chi connectivity index (χ4n) is 1.54. The van der Waals surface area contributed by atoms with E-state index < -0.39 is 15.9 Å². The zero-order valence-corrected chi connectivity index (χ0v) is 12.4. The first-order valence-corrected chi connectivity index (χ1v) is 8.86. The van der Waals surface area contributed by atoms with E-state index in [1.165, 1.54) is 11.8 Å². The zero-order chi connectivity index (χ0) is 13.6. The van der Waals surface area contributed by atoms with Crippen molar-refractivity contribution in [3.63, 3.8) is 0 Å². The van der Waals surface area contributed by atoms with Crippen LogP contribution in [0.4, 0.5) is 0 Å². The highest BCUT2D eigenvalue weighted by atomic mass is 32.2. The first-order chi connectivity index (χ1) is 8.44. The Morgan fingerprint density at radius 1 is 1.22 bits per heavy atom. The molecule has 0 fully saturated rings. The van der Waals surface area contributed by atoms with Gasteiger partial charge < -0.3 is 5.11 Å². The van der Waals surface area contributed by atoms with Crippen molar-refractivity contribution in [2.45, 2.75) is 31.3 Å². The number of rotatable bonds is 7. The van der Waals surface area contributed by atoms with Gasteiger partial charge in [-0.1, -0.05) is 19.1 Å². The normalized spacial score (nSPS) is 13.5. The second kappa shape index (κ2) is 7.16. The van der Waals surface area contributed by atoms with Crippen molar-refractivity contribution in [1.82, 2.24) is 0 Å². The highest BCUT2D eigenvalue weighted by molar-refractivity contribution is 8.00. The molecule has 0 aliphatic rings. The maximum Gasteiger partial charge on any atom is 0.151 e. The van der Waals surface area contributed by atoms with Gasteiger partial charge in [0.2, 0.25) is 0 Å². The molecule has 1 aromatic rings. The molecular formula is C13H20O3S2. The summed E-state index contributed by atoms with van der Waals surface area (Å²) >= 11 is 1.53.